The van der Waals surface area contributed by atoms with E-state index in [1.165, 1.54) is 11.1 Å². The largest absolute Gasteiger partial charge is 0.326 e. The number of hydrogen-bond donors (Lipinski definition) is 1. The van der Waals surface area contributed by atoms with Crippen molar-refractivity contribution in [3.8, 4) is 0 Å². The fourth-order valence-corrected chi connectivity index (χ4v) is 6.70. The predicted octanol–water partition coefficient (Wildman–Crippen LogP) is 4.52. The summed E-state index contributed by atoms with van der Waals surface area (Å²) in [6, 6.07) is 13.3. The Balaban J connectivity index is 1.78. The Bertz CT molecular complexity index is 989. The zero-order valence-electron chi connectivity index (χ0n) is 17.1. The van der Waals surface area contributed by atoms with Crippen LogP contribution in [0.5, 0.6) is 0 Å². The molecule has 0 radical (unpaired) electrons. The minimum absolute atomic E-state index is 0.0909. The van der Waals surface area contributed by atoms with Crippen molar-refractivity contribution in [2.24, 2.45) is 0 Å². The summed E-state index contributed by atoms with van der Waals surface area (Å²) in [4.78, 5) is 11.9. The summed E-state index contributed by atoms with van der Waals surface area (Å²) in [5, 5.41) is 3.09. The van der Waals surface area contributed by atoms with Gasteiger partial charge in [0.25, 0.3) is 0 Å². The first-order valence-electron chi connectivity index (χ1n) is 9.90. The van der Waals surface area contributed by atoms with Gasteiger partial charge >= 0.3 is 0 Å². The molecule has 1 atom stereocenters. The average molecular weight is 433 g/mol. The fraction of sp³-hybridized carbons (Fsp3) is 0.409. The number of carbonyl (C=O) groups excluding carboxylic acids is 1. The molecule has 1 heterocycles. The number of rotatable bonds is 5. The van der Waals surface area contributed by atoms with Gasteiger partial charge in [-0.25, -0.2) is 8.42 Å². The van der Waals surface area contributed by atoms with Gasteiger partial charge in [0.15, 0.2) is 0 Å². The molecule has 2 aromatic rings. The molecule has 7 heteroatoms. The van der Waals surface area contributed by atoms with Crippen LogP contribution < -0.4 is 5.32 Å². The van der Waals surface area contributed by atoms with Gasteiger partial charge in [0.05, 0.1) is 4.90 Å². The zero-order chi connectivity index (χ0) is 21.0. The highest BCUT2D eigenvalue weighted by Crippen LogP contribution is 2.37. The van der Waals surface area contributed by atoms with Crippen molar-refractivity contribution in [3.05, 3.63) is 59.2 Å². The molecule has 0 aliphatic carbocycles. The van der Waals surface area contributed by atoms with Gasteiger partial charge in [0, 0.05) is 36.2 Å². The Morgan fingerprint density at radius 1 is 1.14 bits per heavy atom. The van der Waals surface area contributed by atoms with Gasteiger partial charge in [0.1, 0.15) is 0 Å². The number of benzene rings is 2. The smallest absolute Gasteiger partial charge is 0.243 e. The molecule has 29 heavy (non-hydrogen) atoms. The number of nitrogens with zero attached hydrogens (tertiary/aromatic N) is 1. The molecule has 0 aromatic heterocycles. The molecule has 1 saturated heterocycles. The van der Waals surface area contributed by atoms with Crippen molar-refractivity contribution in [2.75, 3.05) is 24.2 Å². The van der Waals surface area contributed by atoms with Crippen LogP contribution in [0.3, 0.4) is 0 Å². The number of anilines is 1. The molecule has 5 nitrogen and oxygen atoms in total. The van der Waals surface area contributed by atoms with Crippen molar-refractivity contribution in [2.45, 2.75) is 43.8 Å². The van der Waals surface area contributed by atoms with E-state index in [-0.39, 0.29) is 5.91 Å². The van der Waals surface area contributed by atoms with Gasteiger partial charge < -0.3 is 5.32 Å². The number of aryl methyl sites for hydroxylation is 2. The number of amides is 1. The summed E-state index contributed by atoms with van der Waals surface area (Å²) in [5.41, 5.74) is 3.82. The fourth-order valence-electron chi connectivity index (χ4n) is 3.59. The van der Waals surface area contributed by atoms with E-state index in [4.69, 9.17) is 0 Å². The molecule has 1 aliphatic rings. The Hall–Kier alpha value is -1.83. The van der Waals surface area contributed by atoms with Crippen LogP contribution in [0.25, 0.3) is 0 Å². The van der Waals surface area contributed by atoms with Crippen molar-refractivity contribution in [3.63, 3.8) is 0 Å². The summed E-state index contributed by atoms with van der Waals surface area (Å²) < 4.78 is 28.2. The van der Waals surface area contributed by atoms with Gasteiger partial charge in [-0.1, -0.05) is 31.2 Å². The van der Waals surface area contributed by atoms with Gasteiger partial charge in [0.2, 0.25) is 15.9 Å². The molecule has 0 bridgehead atoms. The summed E-state index contributed by atoms with van der Waals surface area (Å²) in [5.74, 6) is 0.675. The molecule has 1 N–H and O–H groups in total. The van der Waals surface area contributed by atoms with E-state index >= 15 is 0 Å². The quantitative estimate of drug-likeness (QED) is 0.754. The van der Waals surface area contributed by atoms with Crippen LogP contribution in [0.15, 0.2) is 47.4 Å². The first-order chi connectivity index (χ1) is 13.8. The molecular formula is C22H28N2O3S2. The van der Waals surface area contributed by atoms with Crippen LogP contribution in [-0.2, 0) is 14.8 Å². The highest BCUT2D eigenvalue weighted by molar-refractivity contribution is 7.99. The third-order valence-corrected chi connectivity index (χ3v) is 8.60. The summed E-state index contributed by atoms with van der Waals surface area (Å²) >= 11 is 1.83. The van der Waals surface area contributed by atoms with Crippen molar-refractivity contribution in [1.82, 2.24) is 4.31 Å². The number of carbonyl (C=O) groups is 1. The van der Waals surface area contributed by atoms with Crippen LogP contribution in [0.1, 0.15) is 41.7 Å². The van der Waals surface area contributed by atoms with Gasteiger partial charge in [-0.15, -0.1) is 0 Å². The van der Waals surface area contributed by atoms with Crippen LogP contribution in [0, 0.1) is 13.8 Å². The average Bonchev–Trinajstić information content (AvgIpc) is 2.95. The van der Waals surface area contributed by atoms with Crippen LogP contribution in [-0.4, -0.2) is 37.5 Å². The molecule has 0 saturated carbocycles. The second kappa shape index (κ2) is 9.32. The molecule has 3 rings (SSSR count). The molecule has 156 valence electrons. The first-order valence-corrected chi connectivity index (χ1v) is 12.4. The first kappa shape index (κ1) is 21.9. The van der Waals surface area contributed by atoms with Crippen molar-refractivity contribution in [1.29, 1.82) is 0 Å². The molecule has 0 spiro atoms. The second-order valence-corrected chi connectivity index (χ2v) is 10.5. The summed E-state index contributed by atoms with van der Waals surface area (Å²) in [6.07, 6.45) is 1.17. The van der Waals surface area contributed by atoms with E-state index in [0.29, 0.717) is 40.9 Å². The van der Waals surface area contributed by atoms with Gasteiger partial charge in [-0.2, -0.15) is 16.1 Å². The lowest BCUT2D eigenvalue weighted by molar-refractivity contribution is -0.115. The van der Waals surface area contributed by atoms with Gasteiger partial charge in [-0.05, 0) is 55.2 Å². The lowest BCUT2D eigenvalue weighted by atomic mass is 10.0. The van der Waals surface area contributed by atoms with E-state index in [2.05, 4.69) is 24.4 Å². The third-order valence-electron chi connectivity index (χ3n) is 5.23. The Morgan fingerprint density at radius 3 is 2.59 bits per heavy atom. The molecule has 1 fully saturated rings. The van der Waals surface area contributed by atoms with E-state index in [1.807, 2.05) is 23.9 Å². The lowest BCUT2D eigenvalue weighted by Gasteiger charge is -2.21. The standard InChI is InChI=1S/C22H28N2O3S2/c1-4-22(25)23-18-9-10-21(17(3)15-18)29(26,27)24-12-11-20(28-14-13-24)19-8-6-5-7-16(19)2/h5-10,15,20H,4,11-14H2,1-3H3,(H,23,25). The molecule has 1 amide bonds. The maximum absolute atomic E-state index is 13.3. The van der Waals surface area contributed by atoms with E-state index in [0.717, 1.165) is 12.2 Å². The normalized spacial score (nSPS) is 18.2. The predicted molar refractivity (Wildman–Crippen MR) is 120 cm³/mol. The van der Waals surface area contributed by atoms with E-state index in [1.54, 1.807) is 36.4 Å². The lowest BCUT2D eigenvalue weighted by Crippen LogP contribution is -2.33. The van der Waals surface area contributed by atoms with E-state index < -0.39 is 10.0 Å². The Morgan fingerprint density at radius 2 is 1.90 bits per heavy atom. The number of hydrogen-bond acceptors (Lipinski definition) is 4. The highest BCUT2D eigenvalue weighted by atomic mass is 32.2. The molecule has 1 aliphatic heterocycles. The number of nitrogens with one attached hydrogen (secondary N) is 1. The minimum Gasteiger partial charge on any atom is -0.326 e. The van der Waals surface area contributed by atoms with Crippen molar-refractivity contribution < 1.29 is 13.2 Å². The van der Waals surface area contributed by atoms with Crippen molar-refractivity contribution >= 4 is 33.4 Å². The van der Waals surface area contributed by atoms with Crippen LogP contribution in [0.2, 0.25) is 0 Å². The van der Waals surface area contributed by atoms with Crippen LogP contribution >= 0.6 is 11.8 Å². The second-order valence-electron chi connectivity index (χ2n) is 7.29. The maximum Gasteiger partial charge on any atom is 0.243 e. The SMILES string of the molecule is CCC(=O)Nc1ccc(S(=O)(=O)N2CCSC(c3ccccc3C)CC2)c(C)c1. The third kappa shape index (κ3) is 5.02. The molecule has 1 unspecified atom stereocenters. The Kier molecular flexibility index (Phi) is 7.03. The Labute approximate surface area is 177 Å². The van der Waals surface area contributed by atoms with Gasteiger partial charge in [-0.3, -0.25) is 4.79 Å². The molecular weight excluding hydrogens is 404 g/mol. The maximum atomic E-state index is 13.3. The minimum atomic E-state index is -3.58. The topological polar surface area (TPSA) is 66.5 Å². The highest BCUT2D eigenvalue weighted by Gasteiger charge is 2.29. The number of sulfonamides is 1. The molecule has 2 aromatic carbocycles. The van der Waals surface area contributed by atoms with E-state index in [9.17, 15) is 13.2 Å². The number of thioether (sulfide) groups is 1. The summed E-state index contributed by atoms with van der Waals surface area (Å²) in [7, 11) is -3.58. The summed E-state index contributed by atoms with van der Waals surface area (Å²) in [6.45, 7) is 6.67. The van der Waals surface area contributed by atoms with Crippen LogP contribution in [0.4, 0.5) is 5.69 Å². The monoisotopic (exact) mass is 432 g/mol. The zero-order valence-corrected chi connectivity index (χ0v) is 18.8.